The first-order chi connectivity index (χ1) is 8.38. The Hall–Kier alpha value is -0.570. The minimum absolute atomic E-state index is 0.180. The normalized spacial score (nSPS) is 25.3. The highest BCUT2D eigenvalue weighted by molar-refractivity contribution is 9.09. The molecule has 1 aromatic rings. The molecule has 0 saturated carbocycles. The molecule has 1 saturated heterocycles. The second-order valence-electron chi connectivity index (χ2n) is 6.38. The van der Waals surface area contributed by atoms with E-state index in [1.165, 1.54) is 12.0 Å². The number of anilines is 1. The van der Waals surface area contributed by atoms with E-state index in [9.17, 15) is 0 Å². The van der Waals surface area contributed by atoms with Crippen LogP contribution in [-0.2, 0) is 5.41 Å². The van der Waals surface area contributed by atoms with Crippen LogP contribution in [-0.4, -0.2) is 22.9 Å². The van der Waals surface area contributed by atoms with Crippen LogP contribution >= 0.6 is 15.9 Å². The summed E-state index contributed by atoms with van der Waals surface area (Å²) in [7, 11) is 0. The molecule has 0 aliphatic carbocycles. The number of halogens is 1. The van der Waals surface area contributed by atoms with Gasteiger partial charge in [0.15, 0.2) is 0 Å². The molecule has 1 aromatic heterocycles. The molecule has 100 valence electrons. The summed E-state index contributed by atoms with van der Waals surface area (Å²) in [5, 5.41) is 0. The van der Waals surface area contributed by atoms with Crippen molar-refractivity contribution in [2.45, 2.75) is 44.4 Å². The first-order valence-electron chi connectivity index (χ1n) is 6.73. The van der Waals surface area contributed by atoms with E-state index < -0.39 is 0 Å². The van der Waals surface area contributed by atoms with Crippen LogP contribution in [0.5, 0.6) is 0 Å². The number of pyridine rings is 1. The zero-order valence-corrected chi connectivity index (χ0v) is 13.4. The average molecular weight is 311 g/mol. The van der Waals surface area contributed by atoms with E-state index in [0.29, 0.717) is 4.83 Å². The number of rotatable bonds is 1. The van der Waals surface area contributed by atoms with Crippen molar-refractivity contribution >= 4 is 21.7 Å². The minimum atomic E-state index is 0.180. The summed E-state index contributed by atoms with van der Waals surface area (Å²) in [6, 6.07) is 4.37. The molecule has 1 fully saturated rings. The summed E-state index contributed by atoms with van der Waals surface area (Å²) in [6.07, 6.45) is 3.26. The fourth-order valence-corrected chi connectivity index (χ4v) is 2.86. The van der Waals surface area contributed by atoms with Crippen LogP contribution in [0.25, 0.3) is 0 Å². The third kappa shape index (κ3) is 3.05. The SMILES string of the molecule is CC1CCN(c2ccc(C(C)(C)C)cn2)CC1Br. The quantitative estimate of drug-likeness (QED) is 0.729. The highest BCUT2D eigenvalue weighted by atomic mass is 79.9. The Balaban J connectivity index is 2.11. The Morgan fingerprint density at radius 3 is 2.56 bits per heavy atom. The van der Waals surface area contributed by atoms with E-state index in [-0.39, 0.29) is 5.41 Å². The predicted octanol–water partition coefficient (Wildman–Crippen LogP) is 3.99. The van der Waals surface area contributed by atoms with Gasteiger partial charge in [0.1, 0.15) is 5.82 Å². The summed E-state index contributed by atoms with van der Waals surface area (Å²) in [5.41, 5.74) is 1.48. The smallest absolute Gasteiger partial charge is 0.128 e. The molecule has 0 amide bonds. The third-order valence-corrected chi connectivity index (χ3v) is 5.00. The summed E-state index contributed by atoms with van der Waals surface area (Å²) < 4.78 is 0. The molecular weight excluding hydrogens is 288 g/mol. The Morgan fingerprint density at radius 1 is 1.33 bits per heavy atom. The number of hydrogen-bond donors (Lipinski definition) is 0. The minimum Gasteiger partial charge on any atom is -0.355 e. The van der Waals surface area contributed by atoms with Gasteiger partial charge in [-0.05, 0) is 29.4 Å². The first kappa shape index (κ1) is 13.9. The van der Waals surface area contributed by atoms with Crippen molar-refractivity contribution in [2.75, 3.05) is 18.0 Å². The standard InChI is InChI=1S/C15H23BrN2/c1-11-7-8-18(10-13(11)16)14-6-5-12(9-17-14)15(2,3)4/h5-6,9,11,13H,7-8,10H2,1-4H3. The van der Waals surface area contributed by atoms with Crippen LogP contribution in [0.15, 0.2) is 18.3 Å². The molecule has 3 heteroatoms. The van der Waals surface area contributed by atoms with Gasteiger partial charge in [-0.15, -0.1) is 0 Å². The van der Waals surface area contributed by atoms with E-state index in [2.05, 4.69) is 65.6 Å². The molecule has 0 aromatic carbocycles. The van der Waals surface area contributed by atoms with Crippen LogP contribution < -0.4 is 4.90 Å². The monoisotopic (exact) mass is 310 g/mol. The molecule has 1 aliphatic heterocycles. The van der Waals surface area contributed by atoms with Crippen LogP contribution in [0.4, 0.5) is 5.82 Å². The Bertz CT molecular complexity index is 394. The van der Waals surface area contributed by atoms with Gasteiger partial charge in [-0.1, -0.05) is 49.7 Å². The maximum absolute atomic E-state index is 4.63. The molecule has 1 aliphatic rings. The zero-order valence-electron chi connectivity index (χ0n) is 11.8. The zero-order chi connectivity index (χ0) is 13.3. The van der Waals surface area contributed by atoms with Gasteiger partial charge in [-0.2, -0.15) is 0 Å². The van der Waals surface area contributed by atoms with Gasteiger partial charge in [0.25, 0.3) is 0 Å². The summed E-state index contributed by atoms with van der Waals surface area (Å²) in [5.74, 6) is 1.87. The lowest BCUT2D eigenvalue weighted by Crippen LogP contribution is -2.40. The lowest BCUT2D eigenvalue weighted by Gasteiger charge is -2.35. The first-order valence-corrected chi connectivity index (χ1v) is 7.65. The molecule has 2 unspecified atom stereocenters. The molecule has 0 N–H and O–H groups in total. The van der Waals surface area contributed by atoms with Gasteiger partial charge in [0.2, 0.25) is 0 Å². The van der Waals surface area contributed by atoms with Crippen LogP contribution in [0.3, 0.4) is 0 Å². The Labute approximate surface area is 119 Å². The highest BCUT2D eigenvalue weighted by Gasteiger charge is 2.25. The molecule has 2 nitrogen and oxygen atoms in total. The van der Waals surface area contributed by atoms with Crippen molar-refractivity contribution < 1.29 is 0 Å². The molecular formula is C15H23BrN2. The van der Waals surface area contributed by atoms with E-state index in [1.54, 1.807) is 0 Å². The Morgan fingerprint density at radius 2 is 2.06 bits per heavy atom. The van der Waals surface area contributed by atoms with Crippen LogP contribution in [0, 0.1) is 5.92 Å². The van der Waals surface area contributed by atoms with Crippen molar-refractivity contribution in [1.82, 2.24) is 4.98 Å². The summed E-state index contributed by atoms with van der Waals surface area (Å²) >= 11 is 3.77. The molecule has 0 spiro atoms. The maximum atomic E-state index is 4.63. The number of nitrogens with zero attached hydrogens (tertiary/aromatic N) is 2. The predicted molar refractivity (Wildman–Crippen MR) is 81.6 cm³/mol. The van der Waals surface area contributed by atoms with Crippen LogP contribution in [0.1, 0.15) is 39.7 Å². The molecule has 18 heavy (non-hydrogen) atoms. The third-order valence-electron chi connectivity index (χ3n) is 3.80. The second-order valence-corrected chi connectivity index (χ2v) is 7.56. The maximum Gasteiger partial charge on any atom is 0.128 e. The van der Waals surface area contributed by atoms with Crippen molar-refractivity contribution in [3.8, 4) is 0 Å². The van der Waals surface area contributed by atoms with E-state index in [1.807, 2.05) is 6.20 Å². The lowest BCUT2D eigenvalue weighted by atomic mass is 9.88. The number of alkyl halides is 1. The highest BCUT2D eigenvalue weighted by Crippen LogP contribution is 2.28. The molecule has 2 atom stereocenters. The van der Waals surface area contributed by atoms with E-state index in [0.717, 1.165) is 24.8 Å². The van der Waals surface area contributed by atoms with Gasteiger partial charge in [-0.3, -0.25) is 0 Å². The van der Waals surface area contributed by atoms with Crippen LogP contribution in [0.2, 0.25) is 0 Å². The summed E-state index contributed by atoms with van der Waals surface area (Å²) in [4.78, 5) is 7.59. The van der Waals surface area contributed by atoms with Gasteiger partial charge in [-0.25, -0.2) is 4.98 Å². The number of hydrogen-bond acceptors (Lipinski definition) is 2. The van der Waals surface area contributed by atoms with Crippen molar-refractivity contribution in [1.29, 1.82) is 0 Å². The lowest BCUT2D eigenvalue weighted by molar-refractivity contribution is 0.454. The summed E-state index contributed by atoms with van der Waals surface area (Å²) in [6.45, 7) is 11.2. The van der Waals surface area contributed by atoms with Gasteiger partial charge >= 0.3 is 0 Å². The van der Waals surface area contributed by atoms with Gasteiger partial charge in [0, 0.05) is 24.1 Å². The topological polar surface area (TPSA) is 16.1 Å². The van der Waals surface area contributed by atoms with Gasteiger partial charge < -0.3 is 4.90 Å². The average Bonchev–Trinajstić information content (AvgIpc) is 2.32. The van der Waals surface area contributed by atoms with Crippen molar-refractivity contribution in [3.63, 3.8) is 0 Å². The molecule has 2 rings (SSSR count). The molecule has 2 heterocycles. The fourth-order valence-electron chi connectivity index (χ4n) is 2.25. The van der Waals surface area contributed by atoms with Crippen molar-refractivity contribution in [2.24, 2.45) is 5.92 Å². The van der Waals surface area contributed by atoms with E-state index in [4.69, 9.17) is 0 Å². The molecule has 0 bridgehead atoms. The number of piperidine rings is 1. The van der Waals surface area contributed by atoms with Gasteiger partial charge in [0.05, 0.1) is 0 Å². The fraction of sp³-hybridized carbons (Fsp3) is 0.667. The van der Waals surface area contributed by atoms with E-state index >= 15 is 0 Å². The largest absolute Gasteiger partial charge is 0.355 e. The Kier molecular flexibility index (Phi) is 4.00. The van der Waals surface area contributed by atoms with Crippen molar-refractivity contribution in [3.05, 3.63) is 23.9 Å². The number of aromatic nitrogens is 1. The molecule has 0 radical (unpaired) electrons. The second kappa shape index (κ2) is 5.20.